The summed E-state index contributed by atoms with van der Waals surface area (Å²) in [6.07, 6.45) is 3.65. The smallest absolute Gasteiger partial charge is 0.276 e. The number of thiophene rings is 1. The van der Waals surface area contributed by atoms with Gasteiger partial charge in [-0.05, 0) is 55.0 Å². The van der Waals surface area contributed by atoms with Gasteiger partial charge in [-0.25, -0.2) is 4.98 Å². The van der Waals surface area contributed by atoms with Crippen molar-refractivity contribution in [1.29, 1.82) is 0 Å². The van der Waals surface area contributed by atoms with E-state index in [1.165, 1.54) is 0 Å². The third-order valence-electron chi connectivity index (χ3n) is 6.86. The van der Waals surface area contributed by atoms with Crippen LogP contribution in [0.15, 0.2) is 48.5 Å². The molecule has 35 heavy (non-hydrogen) atoms. The Bertz CT molecular complexity index is 1330. The first-order chi connectivity index (χ1) is 17.1. The maximum absolute atomic E-state index is 13.7. The van der Waals surface area contributed by atoms with Gasteiger partial charge in [0, 0.05) is 36.5 Å². The van der Waals surface area contributed by atoms with Crippen molar-refractivity contribution in [1.82, 2.24) is 10.3 Å². The van der Waals surface area contributed by atoms with Gasteiger partial charge < -0.3 is 15.1 Å². The van der Waals surface area contributed by atoms with Crippen LogP contribution in [0.1, 0.15) is 45.0 Å². The van der Waals surface area contributed by atoms with Crippen LogP contribution in [0.2, 0.25) is 0 Å². The lowest BCUT2D eigenvalue weighted by molar-refractivity contribution is -0.120. The van der Waals surface area contributed by atoms with E-state index >= 15 is 0 Å². The normalized spacial score (nSPS) is 17.3. The SMILES string of the molecule is O=C1CN(c2cccc(C(=O)N3CCc4cc(C(=O)CC5CC5)sc4-c4ccccc43)n2)CCN1. The Morgan fingerprint density at radius 3 is 2.77 bits per heavy atom. The Morgan fingerprint density at radius 1 is 1.09 bits per heavy atom. The van der Waals surface area contributed by atoms with Crippen LogP contribution < -0.4 is 15.1 Å². The van der Waals surface area contributed by atoms with Gasteiger partial charge in [0.1, 0.15) is 11.5 Å². The Balaban J connectivity index is 1.30. The number of Topliss-reactive ketones (excluding diaryl/α,β-unsaturated/α-hetero) is 1. The van der Waals surface area contributed by atoms with Gasteiger partial charge in [0.25, 0.3) is 5.91 Å². The number of benzene rings is 1. The van der Waals surface area contributed by atoms with E-state index in [1.807, 2.05) is 47.4 Å². The maximum atomic E-state index is 13.7. The fraction of sp³-hybridized carbons (Fsp3) is 0.333. The lowest BCUT2D eigenvalue weighted by Crippen LogP contribution is -2.48. The van der Waals surface area contributed by atoms with Crippen LogP contribution >= 0.6 is 11.3 Å². The lowest BCUT2D eigenvalue weighted by Gasteiger charge is -2.28. The van der Waals surface area contributed by atoms with Gasteiger partial charge in [-0.2, -0.15) is 0 Å². The molecule has 6 rings (SSSR count). The molecule has 1 saturated carbocycles. The molecule has 2 fully saturated rings. The highest BCUT2D eigenvalue weighted by Gasteiger charge is 2.30. The molecule has 0 radical (unpaired) electrons. The highest BCUT2D eigenvalue weighted by atomic mass is 32.1. The fourth-order valence-electron chi connectivity index (χ4n) is 4.82. The number of carbonyl (C=O) groups excluding carboxylic acids is 3. The summed E-state index contributed by atoms with van der Waals surface area (Å²) in [4.78, 5) is 48.5. The van der Waals surface area contributed by atoms with Crippen LogP contribution in [-0.4, -0.2) is 48.8 Å². The molecule has 1 aliphatic carbocycles. The summed E-state index contributed by atoms with van der Waals surface area (Å²) in [7, 11) is 0. The zero-order chi connectivity index (χ0) is 23.9. The number of ketones is 1. The van der Waals surface area contributed by atoms with Crippen molar-refractivity contribution in [3.05, 3.63) is 64.7 Å². The maximum Gasteiger partial charge on any atom is 0.276 e. The number of aromatic nitrogens is 1. The summed E-state index contributed by atoms with van der Waals surface area (Å²) in [5, 5.41) is 2.81. The molecule has 1 N–H and O–H groups in total. The van der Waals surface area contributed by atoms with Crippen LogP contribution in [0.5, 0.6) is 0 Å². The molecule has 178 valence electrons. The van der Waals surface area contributed by atoms with Crippen molar-refractivity contribution in [2.45, 2.75) is 25.7 Å². The summed E-state index contributed by atoms with van der Waals surface area (Å²) >= 11 is 1.55. The quantitative estimate of drug-likeness (QED) is 0.553. The number of hydrogen-bond acceptors (Lipinski definition) is 6. The molecule has 7 nitrogen and oxygen atoms in total. The van der Waals surface area contributed by atoms with Gasteiger partial charge in [-0.15, -0.1) is 11.3 Å². The first kappa shape index (κ1) is 22.0. The van der Waals surface area contributed by atoms with Crippen LogP contribution in [0.4, 0.5) is 11.5 Å². The number of para-hydroxylation sites is 1. The molecule has 0 spiro atoms. The zero-order valence-corrected chi connectivity index (χ0v) is 20.1. The minimum atomic E-state index is -0.166. The number of piperazine rings is 1. The van der Waals surface area contributed by atoms with Crippen molar-refractivity contribution < 1.29 is 14.4 Å². The molecule has 3 aromatic rings. The first-order valence-electron chi connectivity index (χ1n) is 12.1. The number of carbonyl (C=O) groups is 3. The predicted molar refractivity (Wildman–Crippen MR) is 136 cm³/mol. The topological polar surface area (TPSA) is 82.6 Å². The van der Waals surface area contributed by atoms with Gasteiger partial charge >= 0.3 is 0 Å². The van der Waals surface area contributed by atoms with Gasteiger partial charge in [-0.1, -0.05) is 24.3 Å². The summed E-state index contributed by atoms with van der Waals surface area (Å²) in [5.41, 5.74) is 3.29. The van der Waals surface area contributed by atoms with E-state index in [0.29, 0.717) is 49.9 Å². The van der Waals surface area contributed by atoms with Crippen molar-refractivity contribution in [2.75, 3.05) is 36.0 Å². The minimum absolute atomic E-state index is 0.0441. The molecule has 8 heteroatoms. The Morgan fingerprint density at radius 2 is 1.94 bits per heavy atom. The number of nitrogens with one attached hydrogen (secondary N) is 1. The summed E-state index contributed by atoms with van der Waals surface area (Å²) in [6, 6.07) is 15.3. The van der Waals surface area contributed by atoms with Crippen LogP contribution in [0.3, 0.4) is 0 Å². The van der Waals surface area contributed by atoms with Crippen LogP contribution in [0, 0.1) is 5.92 Å². The Labute approximate surface area is 207 Å². The molecule has 2 aromatic heterocycles. The number of rotatable bonds is 5. The number of nitrogens with zero attached hydrogens (tertiary/aromatic N) is 3. The van der Waals surface area contributed by atoms with Gasteiger partial charge in [0.15, 0.2) is 5.78 Å². The van der Waals surface area contributed by atoms with E-state index in [4.69, 9.17) is 0 Å². The number of fused-ring (bicyclic) bond motifs is 3. The highest BCUT2D eigenvalue weighted by molar-refractivity contribution is 7.17. The first-order valence-corrected chi connectivity index (χ1v) is 12.9. The largest absolute Gasteiger partial charge is 0.353 e. The monoisotopic (exact) mass is 486 g/mol. The molecule has 2 aliphatic heterocycles. The fourth-order valence-corrected chi connectivity index (χ4v) is 6.01. The summed E-state index contributed by atoms with van der Waals surface area (Å²) in [6.45, 7) is 1.96. The number of pyridine rings is 1. The molecule has 3 aliphatic rings. The molecule has 4 heterocycles. The molecule has 2 amide bonds. The Hall–Kier alpha value is -3.52. The molecule has 0 unspecified atom stereocenters. The Kier molecular flexibility index (Phi) is 5.60. The lowest BCUT2D eigenvalue weighted by atomic mass is 10.1. The molecule has 1 aromatic carbocycles. The number of anilines is 2. The van der Waals surface area contributed by atoms with E-state index in [1.54, 1.807) is 22.3 Å². The van der Waals surface area contributed by atoms with Crippen molar-refractivity contribution in [3.8, 4) is 10.4 Å². The molecular formula is C27H26N4O3S. The van der Waals surface area contributed by atoms with Crippen LogP contribution in [0.25, 0.3) is 10.4 Å². The van der Waals surface area contributed by atoms with E-state index < -0.39 is 0 Å². The minimum Gasteiger partial charge on any atom is -0.353 e. The van der Waals surface area contributed by atoms with E-state index in [-0.39, 0.29) is 24.1 Å². The highest BCUT2D eigenvalue weighted by Crippen LogP contribution is 2.43. The van der Waals surface area contributed by atoms with Crippen molar-refractivity contribution in [3.63, 3.8) is 0 Å². The van der Waals surface area contributed by atoms with E-state index in [9.17, 15) is 14.4 Å². The third kappa shape index (κ3) is 4.34. The van der Waals surface area contributed by atoms with E-state index in [0.717, 1.165) is 39.4 Å². The van der Waals surface area contributed by atoms with Gasteiger partial charge in [0.2, 0.25) is 5.91 Å². The molecule has 1 saturated heterocycles. The third-order valence-corrected chi connectivity index (χ3v) is 8.11. The van der Waals surface area contributed by atoms with Crippen molar-refractivity contribution >= 4 is 40.4 Å². The average Bonchev–Trinajstić information content (AvgIpc) is 3.62. The number of amides is 2. The summed E-state index contributed by atoms with van der Waals surface area (Å²) in [5.74, 6) is 1.22. The second kappa shape index (κ2) is 8.92. The standard InChI is InChI=1S/C27H26N4O3S/c32-22(14-17-8-9-17)23-15-18-10-12-31(21-6-2-1-4-19(21)26(18)35-23)27(34)20-5-3-7-24(29-20)30-13-11-28-25(33)16-30/h1-7,15,17H,8-14,16H2,(H,28,33). The van der Waals surface area contributed by atoms with Crippen LogP contribution in [-0.2, 0) is 11.2 Å². The van der Waals surface area contributed by atoms with Gasteiger partial charge in [-0.3, -0.25) is 14.4 Å². The second-order valence-electron chi connectivity index (χ2n) is 9.41. The molecular weight excluding hydrogens is 460 g/mol. The molecule has 0 atom stereocenters. The van der Waals surface area contributed by atoms with E-state index in [2.05, 4.69) is 10.3 Å². The zero-order valence-electron chi connectivity index (χ0n) is 19.3. The molecule has 0 bridgehead atoms. The average molecular weight is 487 g/mol. The van der Waals surface area contributed by atoms with Gasteiger partial charge in [0.05, 0.1) is 17.1 Å². The van der Waals surface area contributed by atoms with Crippen molar-refractivity contribution in [2.24, 2.45) is 5.92 Å². The predicted octanol–water partition coefficient (Wildman–Crippen LogP) is 3.93. The number of hydrogen-bond donors (Lipinski definition) is 1. The second-order valence-corrected chi connectivity index (χ2v) is 10.5. The summed E-state index contributed by atoms with van der Waals surface area (Å²) < 4.78 is 0.